The molecule has 2 aliphatic rings. The molecule has 0 unspecified atom stereocenters. The maximum atomic E-state index is 12.9. The fourth-order valence-electron chi connectivity index (χ4n) is 3.43. The Morgan fingerprint density at radius 1 is 1.24 bits per heavy atom. The monoisotopic (exact) mass is 312 g/mol. The molecule has 0 aromatic heterocycles. The van der Waals surface area contributed by atoms with Crippen molar-refractivity contribution < 1.29 is 12.8 Å². The molecular weight excluding hydrogens is 291 g/mol. The number of piperidine rings is 1. The summed E-state index contributed by atoms with van der Waals surface area (Å²) in [6.07, 6.45) is 3.07. The van der Waals surface area contributed by atoms with Crippen LogP contribution in [0, 0.1) is 11.2 Å². The molecule has 2 heterocycles. The van der Waals surface area contributed by atoms with E-state index in [1.54, 1.807) is 16.4 Å². The van der Waals surface area contributed by atoms with Crippen LogP contribution in [0.15, 0.2) is 24.3 Å². The fourth-order valence-corrected chi connectivity index (χ4v) is 5.10. The molecule has 21 heavy (non-hydrogen) atoms. The Morgan fingerprint density at radius 3 is 2.67 bits per heavy atom. The van der Waals surface area contributed by atoms with Gasteiger partial charge in [-0.3, -0.25) is 0 Å². The molecule has 0 bridgehead atoms. The first-order valence-electron chi connectivity index (χ1n) is 7.42. The van der Waals surface area contributed by atoms with E-state index in [-0.39, 0.29) is 17.0 Å². The average Bonchev–Trinajstić information content (AvgIpc) is 2.89. The molecule has 0 amide bonds. The SMILES string of the molecule is O=S(=O)(Cc1ccc(F)cc1)N1CCC[C@@]2(CCNC2)C1. The predicted octanol–water partition coefficient (Wildman–Crippen LogP) is 1.73. The van der Waals surface area contributed by atoms with Gasteiger partial charge in [-0.2, -0.15) is 0 Å². The second-order valence-electron chi connectivity index (χ2n) is 6.25. The molecule has 6 heteroatoms. The van der Waals surface area contributed by atoms with Crippen LogP contribution in [0.25, 0.3) is 0 Å². The summed E-state index contributed by atoms with van der Waals surface area (Å²) in [5, 5.41) is 3.35. The molecule has 0 saturated carbocycles. The van der Waals surface area contributed by atoms with E-state index in [0.717, 1.165) is 32.4 Å². The van der Waals surface area contributed by atoms with Crippen LogP contribution in [0.3, 0.4) is 0 Å². The lowest BCUT2D eigenvalue weighted by molar-refractivity contribution is 0.166. The minimum atomic E-state index is -3.33. The summed E-state index contributed by atoms with van der Waals surface area (Å²) in [5.74, 6) is -0.387. The molecule has 116 valence electrons. The number of halogens is 1. The summed E-state index contributed by atoms with van der Waals surface area (Å²) < 4.78 is 39.7. The second kappa shape index (κ2) is 5.66. The van der Waals surface area contributed by atoms with Gasteiger partial charge >= 0.3 is 0 Å². The van der Waals surface area contributed by atoms with Crippen LogP contribution in [0.5, 0.6) is 0 Å². The van der Waals surface area contributed by atoms with Gasteiger partial charge < -0.3 is 5.32 Å². The molecule has 3 rings (SSSR count). The van der Waals surface area contributed by atoms with Crippen molar-refractivity contribution in [3.63, 3.8) is 0 Å². The average molecular weight is 312 g/mol. The van der Waals surface area contributed by atoms with Crippen molar-refractivity contribution in [3.05, 3.63) is 35.6 Å². The van der Waals surface area contributed by atoms with Crippen LogP contribution in [-0.2, 0) is 15.8 Å². The van der Waals surface area contributed by atoms with Gasteiger partial charge in [0.05, 0.1) is 5.75 Å². The van der Waals surface area contributed by atoms with Gasteiger partial charge in [-0.1, -0.05) is 12.1 Å². The summed E-state index contributed by atoms with van der Waals surface area (Å²) in [5.41, 5.74) is 0.759. The Hall–Kier alpha value is -0.980. The third-order valence-electron chi connectivity index (χ3n) is 4.61. The van der Waals surface area contributed by atoms with E-state index in [1.807, 2.05) is 0 Å². The number of nitrogens with zero attached hydrogens (tertiary/aromatic N) is 1. The minimum absolute atomic E-state index is 0.0449. The molecule has 1 spiro atoms. The topological polar surface area (TPSA) is 49.4 Å². The highest BCUT2D eigenvalue weighted by molar-refractivity contribution is 7.88. The maximum absolute atomic E-state index is 12.9. The van der Waals surface area contributed by atoms with Crippen LogP contribution >= 0.6 is 0 Å². The van der Waals surface area contributed by atoms with Gasteiger partial charge in [-0.05, 0) is 48.9 Å². The summed E-state index contributed by atoms with van der Waals surface area (Å²) in [4.78, 5) is 0. The summed E-state index contributed by atoms with van der Waals surface area (Å²) in [6, 6.07) is 5.71. The Bertz CT molecular complexity index is 595. The van der Waals surface area contributed by atoms with Crippen molar-refractivity contribution >= 4 is 10.0 Å². The Morgan fingerprint density at radius 2 is 2.00 bits per heavy atom. The zero-order valence-electron chi connectivity index (χ0n) is 12.0. The molecule has 2 saturated heterocycles. The van der Waals surface area contributed by atoms with Crippen molar-refractivity contribution in [3.8, 4) is 0 Å². The van der Waals surface area contributed by atoms with Crippen LogP contribution in [0.2, 0.25) is 0 Å². The van der Waals surface area contributed by atoms with Crippen LogP contribution in [0.1, 0.15) is 24.8 Å². The summed E-state index contributed by atoms with van der Waals surface area (Å²) in [6.45, 7) is 3.11. The van der Waals surface area contributed by atoms with E-state index in [9.17, 15) is 12.8 Å². The lowest BCUT2D eigenvalue weighted by atomic mass is 9.80. The van der Waals surface area contributed by atoms with E-state index in [4.69, 9.17) is 0 Å². The fraction of sp³-hybridized carbons (Fsp3) is 0.600. The molecule has 1 aromatic carbocycles. The van der Waals surface area contributed by atoms with Gasteiger partial charge in [0.2, 0.25) is 10.0 Å². The third-order valence-corrected chi connectivity index (χ3v) is 6.41. The number of hydrogen-bond donors (Lipinski definition) is 1. The highest BCUT2D eigenvalue weighted by Crippen LogP contribution is 2.36. The van der Waals surface area contributed by atoms with E-state index >= 15 is 0 Å². The number of benzene rings is 1. The molecule has 1 N–H and O–H groups in total. The minimum Gasteiger partial charge on any atom is -0.316 e. The van der Waals surface area contributed by atoms with E-state index in [1.165, 1.54) is 12.1 Å². The molecule has 1 atom stereocenters. The molecular formula is C15H21FN2O2S. The number of rotatable bonds is 3. The van der Waals surface area contributed by atoms with E-state index < -0.39 is 10.0 Å². The predicted molar refractivity (Wildman–Crippen MR) is 79.8 cm³/mol. The zero-order chi connectivity index (χ0) is 14.9. The van der Waals surface area contributed by atoms with Crippen LogP contribution < -0.4 is 5.32 Å². The molecule has 1 aromatic rings. The first kappa shape index (κ1) is 14.9. The maximum Gasteiger partial charge on any atom is 0.218 e. The van der Waals surface area contributed by atoms with Gasteiger partial charge in [0.1, 0.15) is 5.82 Å². The summed E-state index contributed by atoms with van der Waals surface area (Å²) in [7, 11) is -3.33. The number of sulfonamides is 1. The lowest BCUT2D eigenvalue weighted by Gasteiger charge is -2.39. The van der Waals surface area contributed by atoms with Gasteiger partial charge in [0.15, 0.2) is 0 Å². The van der Waals surface area contributed by atoms with Crippen LogP contribution in [0.4, 0.5) is 4.39 Å². The molecule has 2 aliphatic heterocycles. The van der Waals surface area contributed by atoms with Crippen molar-refractivity contribution in [2.24, 2.45) is 5.41 Å². The molecule has 4 nitrogen and oxygen atoms in total. The largest absolute Gasteiger partial charge is 0.316 e. The number of nitrogens with one attached hydrogen (secondary N) is 1. The smallest absolute Gasteiger partial charge is 0.218 e. The highest BCUT2D eigenvalue weighted by Gasteiger charge is 2.41. The molecule has 0 aliphatic carbocycles. The third kappa shape index (κ3) is 3.27. The number of hydrogen-bond acceptors (Lipinski definition) is 3. The highest BCUT2D eigenvalue weighted by atomic mass is 32.2. The Kier molecular flexibility index (Phi) is 4.03. The molecule has 2 fully saturated rings. The van der Waals surface area contributed by atoms with Crippen molar-refractivity contribution in [2.45, 2.75) is 25.0 Å². The normalized spacial score (nSPS) is 27.3. The van der Waals surface area contributed by atoms with Crippen molar-refractivity contribution in [1.82, 2.24) is 9.62 Å². The Balaban J connectivity index is 1.73. The molecule has 0 radical (unpaired) electrons. The van der Waals surface area contributed by atoms with Gasteiger partial charge in [-0.15, -0.1) is 0 Å². The van der Waals surface area contributed by atoms with Crippen molar-refractivity contribution in [2.75, 3.05) is 26.2 Å². The van der Waals surface area contributed by atoms with Gasteiger partial charge in [0.25, 0.3) is 0 Å². The first-order valence-corrected chi connectivity index (χ1v) is 9.03. The second-order valence-corrected chi connectivity index (χ2v) is 8.22. The quantitative estimate of drug-likeness (QED) is 0.925. The Labute approximate surface area is 125 Å². The van der Waals surface area contributed by atoms with Gasteiger partial charge in [0, 0.05) is 19.6 Å². The van der Waals surface area contributed by atoms with E-state index in [2.05, 4.69) is 5.32 Å². The van der Waals surface area contributed by atoms with Crippen LogP contribution in [-0.4, -0.2) is 38.9 Å². The lowest BCUT2D eigenvalue weighted by Crippen LogP contribution is -2.47. The van der Waals surface area contributed by atoms with E-state index in [0.29, 0.717) is 18.7 Å². The van der Waals surface area contributed by atoms with Gasteiger partial charge in [-0.25, -0.2) is 17.1 Å². The standard InChI is InChI=1S/C15H21FN2O2S/c16-14-4-2-13(3-5-14)10-21(19,20)18-9-1-6-15(12-18)7-8-17-11-15/h2-5,17H,1,6-12H2/t15-/m0/s1. The van der Waals surface area contributed by atoms with Crippen molar-refractivity contribution in [1.29, 1.82) is 0 Å². The summed E-state index contributed by atoms with van der Waals surface area (Å²) >= 11 is 0. The zero-order valence-corrected chi connectivity index (χ0v) is 12.8. The first-order chi connectivity index (χ1) is 9.99.